The van der Waals surface area contributed by atoms with Crippen molar-refractivity contribution in [2.75, 3.05) is 57.3 Å². The minimum Gasteiger partial charge on any atom is -0.481 e. The number of nitrogens with zero attached hydrogens (tertiary/aromatic N) is 1. The van der Waals surface area contributed by atoms with Crippen LogP contribution in [0.15, 0.2) is 13.6 Å². The number of thioether (sulfide) groups is 2. The van der Waals surface area contributed by atoms with Gasteiger partial charge in [0.25, 0.3) is 11.8 Å². The first kappa shape index (κ1) is 109. The van der Waals surface area contributed by atoms with Gasteiger partial charge in [-0.3, -0.25) is 67.1 Å². The maximum atomic E-state index is 12.8. The summed E-state index contributed by atoms with van der Waals surface area (Å²) >= 11 is 2.45. The molecule has 1 saturated heterocycles. The first-order valence-corrected chi connectivity index (χ1v) is 37.7. The molecule has 0 aromatic carbocycles. The Hall–Kier alpha value is -9.22. The highest BCUT2D eigenvalue weighted by Gasteiger charge is 2.35. The molecule has 2 rings (SSSR count). The van der Waals surface area contributed by atoms with E-state index in [1.54, 1.807) is 62.3 Å². The van der Waals surface area contributed by atoms with Crippen LogP contribution in [-0.2, 0) is 107 Å². The van der Waals surface area contributed by atoms with Crippen LogP contribution >= 0.6 is 23.5 Å². The third-order valence-corrected chi connectivity index (χ3v) is 14.6. The van der Waals surface area contributed by atoms with E-state index in [4.69, 9.17) is 60.4 Å². The van der Waals surface area contributed by atoms with Crippen molar-refractivity contribution in [1.82, 2.24) is 42.3 Å². The summed E-state index contributed by atoms with van der Waals surface area (Å²) in [6, 6.07) is -3.46. The van der Waals surface area contributed by atoms with Crippen LogP contribution in [0, 0.1) is 12.8 Å². The van der Waals surface area contributed by atoms with Gasteiger partial charge in [-0.1, -0.05) is 50.7 Å². The first-order valence-electron chi connectivity index (χ1n) is 35.8. The van der Waals surface area contributed by atoms with Gasteiger partial charge in [-0.25, -0.2) is 19.2 Å². The zero-order chi connectivity index (χ0) is 85.8. The number of carboxylic acids is 2. The number of aryl methyl sites for hydroxylation is 1. The summed E-state index contributed by atoms with van der Waals surface area (Å²) in [6.45, 7) is 28.5. The predicted molar refractivity (Wildman–Crippen MR) is 410 cm³/mol. The molecule has 39 nitrogen and oxygen atoms in total. The number of aliphatic carboxylic acids is 2. The number of ether oxygens (including phenoxy) is 5. The minimum absolute atomic E-state index is 0. The molecule has 642 valence electrons. The molecule has 2 heterocycles. The fourth-order valence-electron chi connectivity index (χ4n) is 7.92. The molecule has 0 radical (unpaired) electrons. The van der Waals surface area contributed by atoms with Gasteiger partial charge in [0.2, 0.25) is 29.5 Å². The number of rotatable bonds is 40. The van der Waals surface area contributed by atoms with Crippen LogP contribution in [0.5, 0.6) is 0 Å². The monoisotopic (exact) mass is 1640 g/mol. The number of unbranched alkanes of at least 4 members (excludes halogenated alkanes) is 4. The van der Waals surface area contributed by atoms with Gasteiger partial charge in [0.15, 0.2) is 28.4 Å². The number of carbonyl (C=O) groups excluding carboxylic acids is 15. The highest BCUT2D eigenvalue weighted by atomic mass is 32.2. The molecule has 9 amide bonds. The van der Waals surface area contributed by atoms with E-state index in [9.17, 15) is 86.3 Å². The van der Waals surface area contributed by atoms with E-state index in [2.05, 4.69) is 41.6 Å². The standard InChI is InChI=1S/C25H33N3O12S.C15H29N3O5.C14H25N3O5S.C9H16O4.C7H16N2O2.CH4/c1-15-18(39-25(36)38-15)14-37-22(33)8-6-11-26-24(35)17(13-23(34)40-28-20(31)9-10-21(28)32)27-19(30)7-4-3-5-12-41-16(2)29;1-14(2,3)22-11(19)9-10(16)12(20)17-7-8-18-13(21)23-15(4,5)6;1-10(18)23-8-4-2-3-5-12(19)17-11(9-13(20)21)14(22)16-7-6-15;1-6(8(11)12)5-7(10)13-9(2,3)4;1-7(2,3)11-6(10)9-5-4-8;/h17H,3-14H2,1-2H3,(H,26,35)(H,27,30);10H,7-9,16H2,1-6H3,(H,17,20)(H,18,21);11H,2-9,15H2,1H3,(H,16,22)(H,17,19)(H,20,21);6H,5H2,1-4H3,(H,11,12);4-5,8H2,1-3H3,(H,9,10);1H4/t17-;10-;11-;6-;;/m0000../s1. The summed E-state index contributed by atoms with van der Waals surface area (Å²) in [7, 11) is 0. The third kappa shape index (κ3) is 64.4. The fourth-order valence-corrected chi connectivity index (χ4v) is 9.19. The second kappa shape index (κ2) is 58.6. The van der Waals surface area contributed by atoms with Gasteiger partial charge in [0.05, 0.1) is 37.6 Å². The molecular formula is C71H123N11O28S2. The Kier molecular flexibility index (Phi) is 57.1. The highest BCUT2D eigenvalue weighted by Crippen LogP contribution is 2.17. The van der Waals surface area contributed by atoms with Gasteiger partial charge in [0, 0.05) is 103 Å². The minimum atomic E-state index is -1.37. The van der Waals surface area contributed by atoms with Crippen LogP contribution in [0.3, 0.4) is 0 Å². The van der Waals surface area contributed by atoms with E-state index >= 15 is 0 Å². The van der Waals surface area contributed by atoms with Crippen LogP contribution < -0.4 is 60.2 Å². The molecule has 1 aromatic heterocycles. The summed E-state index contributed by atoms with van der Waals surface area (Å²) in [5.74, 6) is -8.84. The molecule has 4 atom stereocenters. The Morgan fingerprint density at radius 3 is 1.32 bits per heavy atom. The van der Waals surface area contributed by atoms with E-state index in [1.807, 2.05) is 20.8 Å². The summed E-state index contributed by atoms with van der Waals surface area (Å²) in [4.78, 5) is 212. The average molecular weight is 1640 g/mol. The van der Waals surface area contributed by atoms with Crippen LogP contribution in [0.1, 0.15) is 226 Å². The number of alkyl carbamates (subject to hydrolysis) is 2. The van der Waals surface area contributed by atoms with E-state index in [0.29, 0.717) is 43.2 Å². The quantitative estimate of drug-likeness (QED) is 0.0192. The number of esters is 3. The van der Waals surface area contributed by atoms with Gasteiger partial charge >= 0.3 is 53.8 Å². The van der Waals surface area contributed by atoms with Crippen LogP contribution in [-0.4, -0.2) is 213 Å². The normalized spacial score (nSPS) is 12.7. The van der Waals surface area contributed by atoms with Crippen molar-refractivity contribution in [1.29, 1.82) is 0 Å². The van der Waals surface area contributed by atoms with Crippen molar-refractivity contribution in [2.24, 2.45) is 23.1 Å². The molecular weight excluding hydrogens is 1520 g/mol. The number of amides is 9. The molecule has 0 saturated carbocycles. The smallest absolute Gasteiger partial charge is 0.481 e. The maximum Gasteiger partial charge on any atom is 0.519 e. The lowest BCUT2D eigenvalue weighted by Gasteiger charge is -2.21. The molecule has 1 aliphatic rings. The van der Waals surface area contributed by atoms with Gasteiger partial charge in [0.1, 0.15) is 34.5 Å². The van der Waals surface area contributed by atoms with Crippen LogP contribution in [0.2, 0.25) is 0 Å². The second-order valence-electron chi connectivity index (χ2n) is 28.3. The topological polar surface area (TPSA) is 595 Å². The molecule has 1 fully saturated rings. The van der Waals surface area contributed by atoms with Crippen molar-refractivity contribution in [3.05, 3.63) is 22.1 Å². The number of imide groups is 1. The molecule has 1 aliphatic heterocycles. The summed E-state index contributed by atoms with van der Waals surface area (Å²) in [5.41, 5.74) is 13.9. The van der Waals surface area contributed by atoms with E-state index in [-0.39, 0.29) is 126 Å². The van der Waals surface area contributed by atoms with E-state index in [1.165, 1.54) is 51.2 Å². The van der Waals surface area contributed by atoms with Gasteiger partial charge < -0.3 is 102 Å². The Labute approximate surface area is 662 Å². The van der Waals surface area contributed by atoms with Crippen molar-refractivity contribution in [3.8, 4) is 0 Å². The number of nitrogens with two attached hydrogens (primary N) is 3. The Bertz CT molecular complexity index is 3210. The Morgan fingerprint density at radius 1 is 0.500 bits per heavy atom. The zero-order valence-corrected chi connectivity index (χ0v) is 68.3. The van der Waals surface area contributed by atoms with Gasteiger partial charge in [-0.2, -0.15) is 0 Å². The number of hydroxylamine groups is 2. The van der Waals surface area contributed by atoms with E-state index < -0.39 is 149 Å². The summed E-state index contributed by atoms with van der Waals surface area (Å²) in [5, 5.41) is 35.2. The van der Waals surface area contributed by atoms with Crippen LogP contribution in [0.25, 0.3) is 0 Å². The van der Waals surface area contributed by atoms with Crippen molar-refractivity contribution < 1.29 is 129 Å². The maximum absolute atomic E-state index is 12.8. The number of carboxylic acid groups (broad SMARTS) is 2. The molecule has 41 heteroatoms. The zero-order valence-electron chi connectivity index (χ0n) is 66.7. The summed E-state index contributed by atoms with van der Waals surface area (Å²) < 4.78 is 34.4. The number of hydrogen-bond acceptors (Lipinski definition) is 31. The SMILES string of the molecule is C.CC(=O)SCCCCCC(=O)N[C@@H](CC(=O)O)C(=O)NCCN.CC(=O)SCCCCCC(=O)N[C@@H](CC(=O)ON1C(=O)CCC1=O)C(=O)NCCCC(=O)OCc1oc(=O)oc1C.CC(C)(C)OC(=O)C[C@H](N)C(=O)NCCNC(=O)OC(C)(C)C.CC(C)(C)OC(=O)NCCN.C[C@@H](CC(=O)OC(C)(C)C)C(=O)O. The molecule has 0 bridgehead atoms. The molecule has 1 aromatic rings. The number of hydrogen-bond donors (Lipinski definition) is 12. The number of nitrogens with one attached hydrogen (secondary N) is 7. The lowest BCUT2D eigenvalue weighted by atomic mass is 10.1. The number of carbonyl (C=O) groups is 17. The van der Waals surface area contributed by atoms with Crippen molar-refractivity contribution in [2.45, 2.75) is 268 Å². The fraction of sp³-hybridized carbons (Fsp3) is 0.718. The predicted octanol–water partition coefficient (Wildman–Crippen LogP) is 3.90. The lowest BCUT2D eigenvalue weighted by Crippen LogP contribution is -2.48. The molecule has 112 heavy (non-hydrogen) atoms. The van der Waals surface area contributed by atoms with Crippen molar-refractivity contribution >= 4 is 123 Å². The molecule has 0 unspecified atom stereocenters. The molecule has 0 spiro atoms. The molecule has 15 N–H and O–H groups in total. The lowest BCUT2D eigenvalue weighted by molar-refractivity contribution is -0.197. The van der Waals surface area contributed by atoms with E-state index in [0.717, 1.165) is 25.0 Å². The largest absolute Gasteiger partial charge is 0.519 e. The summed E-state index contributed by atoms with van der Waals surface area (Å²) in [6.07, 6.45) is 1.87. The van der Waals surface area contributed by atoms with Crippen molar-refractivity contribution in [3.63, 3.8) is 0 Å². The van der Waals surface area contributed by atoms with Gasteiger partial charge in [-0.15, -0.1) is 5.06 Å². The third-order valence-electron chi connectivity index (χ3n) is 12.8. The average Bonchev–Trinajstić information content (AvgIpc) is 1.73. The Morgan fingerprint density at radius 2 is 0.911 bits per heavy atom. The molecule has 0 aliphatic carbocycles. The first-order chi connectivity index (χ1) is 51.3. The Balaban J connectivity index is -0.000000705. The van der Waals surface area contributed by atoms with Gasteiger partial charge in [-0.05, 0) is 122 Å². The second-order valence-corrected chi connectivity index (χ2v) is 30.9. The highest BCUT2D eigenvalue weighted by molar-refractivity contribution is 8.13. The van der Waals surface area contributed by atoms with Crippen LogP contribution in [0.4, 0.5) is 9.59 Å².